The summed E-state index contributed by atoms with van der Waals surface area (Å²) in [5.41, 5.74) is 0.958. The molecule has 0 spiro atoms. The molecule has 1 aliphatic heterocycles. The van der Waals surface area contributed by atoms with Crippen LogP contribution in [0.3, 0.4) is 0 Å². The molecule has 1 aliphatic rings. The summed E-state index contributed by atoms with van der Waals surface area (Å²) in [4.78, 5) is 24.2. The van der Waals surface area contributed by atoms with Crippen molar-refractivity contribution in [2.45, 2.75) is 24.4 Å². The van der Waals surface area contributed by atoms with Crippen LogP contribution in [0.15, 0.2) is 30.3 Å². The second kappa shape index (κ2) is 6.72. The van der Waals surface area contributed by atoms with E-state index in [9.17, 15) is 14.7 Å². The number of halogens is 1. The van der Waals surface area contributed by atoms with Gasteiger partial charge in [-0.15, -0.1) is 11.6 Å². The van der Waals surface area contributed by atoms with Crippen LogP contribution in [0.4, 0.5) is 0 Å². The van der Waals surface area contributed by atoms with Gasteiger partial charge in [-0.3, -0.25) is 4.79 Å². The number of aliphatic carboxylic acids is 1. The van der Waals surface area contributed by atoms with Crippen LogP contribution in [0.2, 0.25) is 0 Å². The van der Waals surface area contributed by atoms with Gasteiger partial charge in [0.25, 0.3) is 0 Å². The third-order valence-corrected chi connectivity index (χ3v) is 3.45. The van der Waals surface area contributed by atoms with Gasteiger partial charge in [-0.05, 0) is 5.56 Å². The Kier molecular flexibility index (Phi) is 4.98. The quantitative estimate of drug-likeness (QED) is 0.808. The Bertz CT molecular complexity index is 479. The van der Waals surface area contributed by atoms with Crippen LogP contribution in [0.1, 0.15) is 12.0 Å². The summed E-state index contributed by atoms with van der Waals surface area (Å²) in [6.45, 7) is 0.530. The van der Waals surface area contributed by atoms with Gasteiger partial charge in [0.1, 0.15) is 0 Å². The first kappa shape index (κ1) is 14.8. The molecular weight excluding hydrogens is 282 g/mol. The van der Waals surface area contributed by atoms with Gasteiger partial charge in [0.2, 0.25) is 5.91 Å². The molecule has 5 nitrogen and oxygen atoms in total. The molecule has 108 valence electrons. The molecule has 6 heteroatoms. The lowest BCUT2D eigenvalue weighted by Crippen LogP contribution is -2.45. The average Bonchev–Trinajstić information content (AvgIpc) is 2.74. The van der Waals surface area contributed by atoms with E-state index >= 15 is 0 Å². The predicted octanol–water partition coefficient (Wildman–Crippen LogP) is 1.50. The molecule has 0 radical (unpaired) electrons. The molecule has 1 aromatic rings. The summed E-state index contributed by atoms with van der Waals surface area (Å²) in [5, 5.41) is 8.90. The molecule has 1 aromatic carbocycles. The van der Waals surface area contributed by atoms with E-state index in [0.717, 1.165) is 5.56 Å². The number of amides is 1. The molecule has 1 fully saturated rings. The van der Waals surface area contributed by atoms with Crippen LogP contribution in [0.5, 0.6) is 0 Å². The van der Waals surface area contributed by atoms with E-state index < -0.39 is 12.0 Å². The number of carbonyl (C=O) groups excluding carboxylic acids is 1. The number of likely N-dealkylation sites (tertiary alicyclic amines) is 1. The van der Waals surface area contributed by atoms with Gasteiger partial charge < -0.3 is 14.7 Å². The Hall–Kier alpha value is -1.59. The molecule has 1 heterocycles. The number of benzene rings is 1. The number of carbonyl (C=O) groups is 2. The predicted molar refractivity (Wildman–Crippen MR) is 73.5 cm³/mol. The molecular formula is C14H16ClNO4. The maximum absolute atomic E-state index is 11.7. The summed E-state index contributed by atoms with van der Waals surface area (Å²) in [7, 11) is 0. The van der Waals surface area contributed by atoms with E-state index in [1.165, 1.54) is 4.90 Å². The maximum atomic E-state index is 11.7. The zero-order chi connectivity index (χ0) is 14.5. The topological polar surface area (TPSA) is 66.8 Å². The van der Waals surface area contributed by atoms with Crippen molar-refractivity contribution in [2.75, 3.05) is 13.2 Å². The monoisotopic (exact) mass is 297 g/mol. The smallest absolute Gasteiger partial charge is 0.328 e. The van der Waals surface area contributed by atoms with Crippen molar-refractivity contribution in [3.8, 4) is 0 Å². The standard InChI is InChI=1S/C14H16ClNO4/c15-11-6-13(17)16(7-11)12(14(18)19)9-20-8-10-4-2-1-3-5-10/h1-5,11-12H,6-9H2,(H,18,19)/t11?,12-/m0/s1. The highest BCUT2D eigenvalue weighted by molar-refractivity contribution is 6.22. The van der Waals surface area contributed by atoms with E-state index in [2.05, 4.69) is 0 Å². The van der Waals surface area contributed by atoms with E-state index in [1.807, 2.05) is 30.3 Å². The van der Waals surface area contributed by atoms with Crippen molar-refractivity contribution >= 4 is 23.5 Å². The highest BCUT2D eigenvalue weighted by Gasteiger charge is 2.37. The number of carboxylic acids is 1. The number of nitrogens with zero attached hydrogens (tertiary/aromatic N) is 1. The summed E-state index contributed by atoms with van der Waals surface area (Å²) in [6.07, 6.45) is 0.185. The van der Waals surface area contributed by atoms with Gasteiger partial charge in [-0.2, -0.15) is 0 Å². The van der Waals surface area contributed by atoms with E-state index in [0.29, 0.717) is 6.61 Å². The zero-order valence-electron chi connectivity index (χ0n) is 10.9. The van der Waals surface area contributed by atoms with Crippen LogP contribution >= 0.6 is 11.6 Å². The number of alkyl halides is 1. The van der Waals surface area contributed by atoms with Crippen molar-refractivity contribution in [2.24, 2.45) is 0 Å². The third-order valence-electron chi connectivity index (χ3n) is 3.16. The lowest BCUT2D eigenvalue weighted by atomic mass is 10.2. The summed E-state index contributed by atoms with van der Waals surface area (Å²) < 4.78 is 5.42. The summed E-state index contributed by atoms with van der Waals surface area (Å²) in [5.74, 6) is -1.31. The first-order valence-electron chi connectivity index (χ1n) is 6.36. The van der Waals surface area contributed by atoms with Gasteiger partial charge in [-0.1, -0.05) is 30.3 Å². The Balaban J connectivity index is 1.90. The van der Waals surface area contributed by atoms with Crippen LogP contribution in [0, 0.1) is 0 Å². The van der Waals surface area contributed by atoms with Crippen molar-refractivity contribution in [3.05, 3.63) is 35.9 Å². The fraction of sp³-hybridized carbons (Fsp3) is 0.429. The molecule has 1 unspecified atom stereocenters. The van der Waals surface area contributed by atoms with Crippen LogP contribution in [-0.4, -0.2) is 46.5 Å². The van der Waals surface area contributed by atoms with Gasteiger partial charge in [0, 0.05) is 13.0 Å². The second-order valence-corrected chi connectivity index (χ2v) is 5.32. The van der Waals surface area contributed by atoms with E-state index in [1.54, 1.807) is 0 Å². The Morgan fingerprint density at radius 2 is 2.15 bits per heavy atom. The van der Waals surface area contributed by atoms with Gasteiger partial charge in [-0.25, -0.2) is 4.79 Å². The Morgan fingerprint density at radius 1 is 1.45 bits per heavy atom. The van der Waals surface area contributed by atoms with Crippen LogP contribution < -0.4 is 0 Å². The number of hydrogen-bond donors (Lipinski definition) is 1. The Labute approximate surface area is 122 Å². The SMILES string of the molecule is O=C(O)[C@H](COCc1ccccc1)N1CC(Cl)CC1=O. The molecule has 0 aliphatic carbocycles. The molecule has 2 atom stereocenters. The number of rotatable bonds is 6. The first-order chi connectivity index (χ1) is 9.58. The first-order valence-corrected chi connectivity index (χ1v) is 6.79. The highest BCUT2D eigenvalue weighted by Crippen LogP contribution is 2.19. The van der Waals surface area contributed by atoms with E-state index in [-0.39, 0.29) is 30.9 Å². The molecule has 1 amide bonds. The fourth-order valence-electron chi connectivity index (χ4n) is 2.14. The van der Waals surface area contributed by atoms with Crippen LogP contribution in [-0.2, 0) is 20.9 Å². The maximum Gasteiger partial charge on any atom is 0.328 e. The molecule has 0 bridgehead atoms. The summed E-state index contributed by atoms with van der Waals surface area (Å²) in [6, 6.07) is 8.48. The van der Waals surface area contributed by atoms with Crippen molar-refractivity contribution in [3.63, 3.8) is 0 Å². The lowest BCUT2D eigenvalue weighted by Gasteiger charge is -2.24. The van der Waals surface area contributed by atoms with Gasteiger partial charge >= 0.3 is 5.97 Å². The second-order valence-electron chi connectivity index (χ2n) is 4.70. The normalized spacial score (nSPS) is 20.1. The minimum absolute atomic E-state index is 0.0421. The molecule has 1 saturated heterocycles. The molecule has 1 N–H and O–H groups in total. The average molecular weight is 298 g/mol. The summed E-state index contributed by atoms with van der Waals surface area (Å²) >= 11 is 5.88. The highest BCUT2D eigenvalue weighted by atomic mass is 35.5. The Morgan fingerprint density at radius 3 is 2.70 bits per heavy atom. The number of ether oxygens (including phenoxy) is 1. The number of hydrogen-bond acceptors (Lipinski definition) is 3. The van der Waals surface area contributed by atoms with Gasteiger partial charge in [0.15, 0.2) is 6.04 Å². The molecule has 20 heavy (non-hydrogen) atoms. The van der Waals surface area contributed by atoms with Crippen molar-refractivity contribution < 1.29 is 19.4 Å². The minimum atomic E-state index is -1.07. The van der Waals surface area contributed by atoms with Gasteiger partial charge in [0.05, 0.1) is 18.6 Å². The number of carboxylic acid groups (broad SMARTS) is 1. The molecule has 2 rings (SSSR count). The molecule has 0 aromatic heterocycles. The van der Waals surface area contributed by atoms with E-state index in [4.69, 9.17) is 16.3 Å². The van der Waals surface area contributed by atoms with Crippen molar-refractivity contribution in [1.29, 1.82) is 0 Å². The lowest BCUT2D eigenvalue weighted by molar-refractivity contribution is -0.151. The minimum Gasteiger partial charge on any atom is -0.480 e. The largest absolute Gasteiger partial charge is 0.480 e. The zero-order valence-corrected chi connectivity index (χ0v) is 11.6. The fourth-order valence-corrected chi connectivity index (χ4v) is 2.43. The van der Waals surface area contributed by atoms with Crippen molar-refractivity contribution in [1.82, 2.24) is 4.90 Å². The van der Waals surface area contributed by atoms with Crippen LogP contribution in [0.25, 0.3) is 0 Å². The third kappa shape index (κ3) is 3.71. The molecule has 0 saturated carbocycles.